The molecule has 16 heavy (non-hydrogen) atoms. The summed E-state index contributed by atoms with van der Waals surface area (Å²) in [5.41, 5.74) is -0.361. The minimum Gasteiger partial charge on any atom is -0.481 e. The summed E-state index contributed by atoms with van der Waals surface area (Å²) in [7, 11) is 0. The van der Waals surface area contributed by atoms with Crippen LogP contribution >= 0.6 is 0 Å². The van der Waals surface area contributed by atoms with E-state index >= 15 is 0 Å². The van der Waals surface area contributed by atoms with Crippen LogP contribution in [-0.2, 0) is 4.79 Å². The largest absolute Gasteiger partial charge is 0.481 e. The molecule has 1 aliphatic carbocycles. The smallest absolute Gasteiger partial charge is 0.347 e. The van der Waals surface area contributed by atoms with Crippen LogP contribution in [0.25, 0.3) is 0 Å². The molecule has 5 heteroatoms. The van der Waals surface area contributed by atoms with E-state index in [2.05, 4.69) is 4.98 Å². The molecule has 1 aromatic rings. The maximum Gasteiger partial charge on any atom is 0.347 e. The van der Waals surface area contributed by atoms with Gasteiger partial charge in [-0.1, -0.05) is 12.8 Å². The molecule has 0 aromatic carbocycles. The first-order valence-corrected chi connectivity index (χ1v) is 5.46. The summed E-state index contributed by atoms with van der Waals surface area (Å²) >= 11 is 0. The molecule has 0 radical (unpaired) electrons. The van der Waals surface area contributed by atoms with Gasteiger partial charge in [-0.15, -0.1) is 0 Å². The number of carboxylic acids is 1. The molecule has 86 valence electrons. The Labute approximate surface area is 92.7 Å². The highest BCUT2D eigenvalue weighted by Gasteiger charge is 2.32. The van der Waals surface area contributed by atoms with Crippen molar-refractivity contribution in [3.8, 4) is 0 Å². The molecule has 0 spiro atoms. The summed E-state index contributed by atoms with van der Waals surface area (Å²) in [5, 5.41) is 9.13. The van der Waals surface area contributed by atoms with Gasteiger partial charge in [0.05, 0.1) is 12.0 Å². The average Bonchev–Trinajstić information content (AvgIpc) is 2.29. The molecule has 1 fully saturated rings. The number of carbonyl (C=O) groups is 1. The minimum atomic E-state index is -0.819. The number of hydrogen-bond donors (Lipinski definition) is 1. The Balaban J connectivity index is 2.34. The number of aromatic nitrogens is 2. The quantitative estimate of drug-likeness (QED) is 0.812. The van der Waals surface area contributed by atoms with E-state index in [-0.39, 0.29) is 11.7 Å². The highest BCUT2D eigenvalue weighted by Crippen LogP contribution is 2.32. The van der Waals surface area contributed by atoms with E-state index in [1.807, 2.05) is 0 Å². The van der Waals surface area contributed by atoms with E-state index in [4.69, 9.17) is 5.11 Å². The van der Waals surface area contributed by atoms with Crippen LogP contribution in [0, 0.1) is 5.92 Å². The molecule has 2 rings (SSSR count). The first-order valence-electron chi connectivity index (χ1n) is 5.46. The van der Waals surface area contributed by atoms with Crippen LogP contribution in [0.2, 0.25) is 0 Å². The predicted molar refractivity (Wildman–Crippen MR) is 57.1 cm³/mol. The van der Waals surface area contributed by atoms with E-state index in [9.17, 15) is 9.59 Å². The van der Waals surface area contributed by atoms with Crippen molar-refractivity contribution in [3.63, 3.8) is 0 Å². The molecule has 0 amide bonds. The Morgan fingerprint density at radius 1 is 1.44 bits per heavy atom. The van der Waals surface area contributed by atoms with Crippen LogP contribution in [0.5, 0.6) is 0 Å². The second-order valence-electron chi connectivity index (χ2n) is 4.11. The van der Waals surface area contributed by atoms with Crippen molar-refractivity contribution < 1.29 is 9.90 Å². The van der Waals surface area contributed by atoms with Crippen LogP contribution in [0.15, 0.2) is 23.3 Å². The number of nitrogens with zero attached hydrogens (tertiary/aromatic N) is 2. The van der Waals surface area contributed by atoms with E-state index in [1.54, 1.807) is 12.3 Å². The molecule has 0 saturated heterocycles. The van der Waals surface area contributed by atoms with Gasteiger partial charge >= 0.3 is 11.7 Å². The van der Waals surface area contributed by atoms with E-state index in [1.165, 1.54) is 10.8 Å². The van der Waals surface area contributed by atoms with Gasteiger partial charge < -0.3 is 5.11 Å². The number of rotatable bonds is 2. The van der Waals surface area contributed by atoms with Crippen molar-refractivity contribution in [1.29, 1.82) is 0 Å². The second kappa shape index (κ2) is 4.47. The molecule has 1 aromatic heterocycles. The van der Waals surface area contributed by atoms with E-state index in [0.717, 1.165) is 19.3 Å². The van der Waals surface area contributed by atoms with Crippen LogP contribution in [0.4, 0.5) is 0 Å². The first-order chi connectivity index (χ1) is 7.70. The molecule has 1 saturated carbocycles. The lowest BCUT2D eigenvalue weighted by molar-refractivity contribution is -0.144. The third-order valence-corrected chi connectivity index (χ3v) is 3.14. The summed E-state index contributed by atoms with van der Waals surface area (Å²) < 4.78 is 1.46. The van der Waals surface area contributed by atoms with Gasteiger partial charge in [-0.3, -0.25) is 9.36 Å². The summed E-state index contributed by atoms with van der Waals surface area (Å²) in [6.45, 7) is 0. The minimum absolute atomic E-state index is 0.243. The monoisotopic (exact) mass is 222 g/mol. The molecular weight excluding hydrogens is 208 g/mol. The molecule has 2 atom stereocenters. The third kappa shape index (κ3) is 1.98. The molecular formula is C11H14N2O3. The van der Waals surface area contributed by atoms with E-state index < -0.39 is 11.9 Å². The molecule has 2 unspecified atom stereocenters. The van der Waals surface area contributed by atoms with Crippen molar-refractivity contribution in [2.45, 2.75) is 31.7 Å². The standard InChI is InChI=1S/C11H14N2O3/c14-10(15)8-4-1-2-5-9(8)13-7-3-6-12-11(13)16/h3,6-9H,1-2,4-5H2,(H,14,15). The number of aliphatic carboxylic acids is 1. The number of carboxylic acid groups (broad SMARTS) is 1. The van der Waals surface area contributed by atoms with Gasteiger partial charge in [0.15, 0.2) is 0 Å². The Kier molecular flexibility index (Phi) is 3.03. The second-order valence-corrected chi connectivity index (χ2v) is 4.11. The van der Waals surface area contributed by atoms with Crippen LogP contribution in [0.3, 0.4) is 0 Å². The zero-order chi connectivity index (χ0) is 11.5. The van der Waals surface area contributed by atoms with Gasteiger partial charge in [0.25, 0.3) is 0 Å². The fourth-order valence-electron chi connectivity index (χ4n) is 2.35. The van der Waals surface area contributed by atoms with Crippen molar-refractivity contribution in [1.82, 2.24) is 9.55 Å². The Hall–Kier alpha value is -1.65. The maximum atomic E-state index is 11.5. The van der Waals surface area contributed by atoms with Crippen LogP contribution < -0.4 is 5.69 Å². The van der Waals surface area contributed by atoms with Crippen molar-refractivity contribution >= 4 is 5.97 Å². The maximum absolute atomic E-state index is 11.5. The van der Waals surface area contributed by atoms with Gasteiger partial charge in [0.1, 0.15) is 0 Å². The Morgan fingerprint density at radius 2 is 2.19 bits per heavy atom. The molecule has 0 aliphatic heterocycles. The van der Waals surface area contributed by atoms with Crippen LogP contribution in [-0.4, -0.2) is 20.6 Å². The number of hydrogen-bond acceptors (Lipinski definition) is 3. The normalized spacial score (nSPS) is 25.2. The molecule has 0 bridgehead atoms. The molecule has 5 nitrogen and oxygen atoms in total. The first kappa shape index (κ1) is 10.9. The summed E-state index contributed by atoms with van der Waals surface area (Å²) in [4.78, 5) is 26.3. The fourth-order valence-corrected chi connectivity index (χ4v) is 2.35. The van der Waals surface area contributed by atoms with Gasteiger partial charge in [0.2, 0.25) is 0 Å². The lowest BCUT2D eigenvalue weighted by Crippen LogP contribution is -2.35. The van der Waals surface area contributed by atoms with Gasteiger partial charge in [-0.2, -0.15) is 0 Å². The summed E-state index contributed by atoms with van der Waals surface area (Å²) in [6.07, 6.45) is 6.32. The van der Waals surface area contributed by atoms with Crippen molar-refractivity contribution in [2.75, 3.05) is 0 Å². The SMILES string of the molecule is O=C(O)C1CCCCC1n1cccnc1=O. The summed E-state index contributed by atoms with van der Waals surface area (Å²) in [5.74, 6) is -1.28. The lowest BCUT2D eigenvalue weighted by atomic mass is 9.84. The zero-order valence-corrected chi connectivity index (χ0v) is 8.87. The van der Waals surface area contributed by atoms with Gasteiger partial charge in [0, 0.05) is 12.4 Å². The third-order valence-electron chi connectivity index (χ3n) is 3.14. The fraction of sp³-hybridized carbons (Fsp3) is 0.545. The Morgan fingerprint density at radius 3 is 2.88 bits per heavy atom. The Bertz CT molecular complexity index is 441. The highest BCUT2D eigenvalue weighted by atomic mass is 16.4. The predicted octanol–water partition coefficient (Wildman–Crippen LogP) is 1.06. The average molecular weight is 222 g/mol. The molecule has 1 heterocycles. The zero-order valence-electron chi connectivity index (χ0n) is 8.87. The van der Waals surface area contributed by atoms with E-state index in [0.29, 0.717) is 6.42 Å². The molecule has 1 N–H and O–H groups in total. The van der Waals surface area contributed by atoms with Gasteiger partial charge in [-0.25, -0.2) is 9.78 Å². The topological polar surface area (TPSA) is 72.2 Å². The lowest BCUT2D eigenvalue weighted by Gasteiger charge is -2.29. The van der Waals surface area contributed by atoms with Gasteiger partial charge in [-0.05, 0) is 18.9 Å². The van der Waals surface area contributed by atoms with Crippen molar-refractivity contribution in [2.24, 2.45) is 5.92 Å². The highest BCUT2D eigenvalue weighted by molar-refractivity contribution is 5.70. The van der Waals surface area contributed by atoms with Crippen LogP contribution in [0.1, 0.15) is 31.7 Å². The summed E-state index contributed by atoms with van der Waals surface area (Å²) in [6, 6.07) is 1.42. The van der Waals surface area contributed by atoms with Crippen molar-refractivity contribution in [3.05, 3.63) is 28.9 Å². The molecule has 1 aliphatic rings.